The number of aromatic nitrogens is 1. The van der Waals surface area contributed by atoms with Crippen molar-refractivity contribution in [3.8, 4) is 94.7 Å². The minimum atomic E-state index is 1.15. The van der Waals surface area contributed by atoms with E-state index < -0.39 is 0 Å². The number of hydrogen-bond acceptors (Lipinski definition) is 1. The van der Waals surface area contributed by atoms with Gasteiger partial charge >= 0.3 is 0 Å². The number of fused-ring (bicyclic) bond motifs is 7. The van der Waals surface area contributed by atoms with Gasteiger partial charge in [-0.05, 0) is 156 Å². The molecule has 0 aliphatic carbocycles. The summed E-state index contributed by atoms with van der Waals surface area (Å²) in [5, 5.41) is 5.02. The van der Waals surface area contributed by atoms with Crippen LogP contribution < -0.4 is 0 Å². The van der Waals surface area contributed by atoms with Gasteiger partial charge in [0.2, 0.25) is 0 Å². The number of rotatable bonds is 9. The van der Waals surface area contributed by atoms with Crippen LogP contribution in [0.4, 0.5) is 0 Å². The first-order chi connectivity index (χ1) is 36.7. The number of para-hydroxylation sites is 2. The molecule has 0 atom stereocenters. The van der Waals surface area contributed by atoms with Gasteiger partial charge in [-0.25, -0.2) is 0 Å². The lowest BCUT2D eigenvalue weighted by Gasteiger charge is -2.13. The average Bonchev–Trinajstić information content (AvgIpc) is 4.07. The molecule has 0 spiro atoms. The van der Waals surface area contributed by atoms with Gasteiger partial charge in [-0.3, -0.25) is 0 Å². The summed E-state index contributed by atoms with van der Waals surface area (Å²) in [5.41, 5.74) is 22.8. The van der Waals surface area contributed by atoms with E-state index in [0.29, 0.717) is 0 Å². The highest BCUT2D eigenvalue weighted by Gasteiger charge is 2.23. The van der Waals surface area contributed by atoms with Crippen molar-refractivity contribution >= 4 is 53.3 Å². The molecule has 0 fully saturated rings. The van der Waals surface area contributed by atoms with Crippen molar-refractivity contribution in [2.24, 2.45) is 0 Å². The molecule has 14 rings (SSSR count). The van der Waals surface area contributed by atoms with E-state index in [9.17, 15) is 0 Å². The van der Waals surface area contributed by atoms with Gasteiger partial charge in [0, 0.05) is 42.2 Å². The summed E-state index contributed by atoms with van der Waals surface area (Å²) >= 11 is 1.92. The van der Waals surface area contributed by atoms with Crippen LogP contribution in [0.3, 0.4) is 0 Å². The Labute approximate surface area is 435 Å². The average molecular weight is 958 g/mol. The third-order valence-corrected chi connectivity index (χ3v) is 16.0. The second-order valence-electron chi connectivity index (χ2n) is 19.2. The second-order valence-corrected chi connectivity index (χ2v) is 20.2. The van der Waals surface area contributed by atoms with E-state index in [1.54, 1.807) is 0 Å². The standard InChI is InChI=1S/C72H47NS/c1-6-21-48(22-7-1)56-41-57(49-23-8-2-9-24-49)44-60(43-56)52-29-18-31-54(39-52)63-36-20-37-65-69-70-67(64-35-16-17-38-68(64)73(70)62-33-14-5-15-34-62)47-66(72(69)74-71(63)65)55-32-19-30-53(40-55)61-45-58(50-25-10-3-11-26-50)42-59(46-61)51-27-12-4-13-28-51/h1-47H. The summed E-state index contributed by atoms with van der Waals surface area (Å²) in [6, 6.07) is 105. The Balaban J connectivity index is 0.994. The van der Waals surface area contributed by atoms with Crippen LogP contribution in [0.5, 0.6) is 0 Å². The van der Waals surface area contributed by atoms with E-state index in [2.05, 4.69) is 290 Å². The minimum Gasteiger partial charge on any atom is -0.309 e. The third-order valence-electron chi connectivity index (χ3n) is 14.7. The van der Waals surface area contributed by atoms with Crippen molar-refractivity contribution in [2.45, 2.75) is 0 Å². The summed E-state index contributed by atoms with van der Waals surface area (Å²) < 4.78 is 5.05. The molecule has 2 heterocycles. The maximum absolute atomic E-state index is 2.50. The van der Waals surface area contributed by atoms with E-state index >= 15 is 0 Å². The summed E-state index contributed by atoms with van der Waals surface area (Å²) in [4.78, 5) is 0. The van der Waals surface area contributed by atoms with Crippen LogP contribution >= 0.6 is 11.3 Å². The molecule has 1 nitrogen and oxygen atoms in total. The van der Waals surface area contributed by atoms with Crippen LogP contribution in [0, 0.1) is 0 Å². The number of nitrogens with zero attached hydrogens (tertiary/aromatic N) is 1. The molecule has 0 aliphatic rings. The lowest BCUT2D eigenvalue weighted by atomic mass is 9.91. The predicted molar refractivity (Wildman–Crippen MR) is 317 cm³/mol. The highest BCUT2D eigenvalue weighted by atomic mass is 32.1. The van der Waals surface area contributed by atoms with Crippen LogP contribution in [0.2, 0.25) is 0 Å². The van der Waals surface area contributed by atoms with E-state index in [1.807, 2.05) is 11.3 Å². The second kappa shape index (κ2) is 18.4. The fourth-order valence-corrected chi connectivity index (χ4v) is 12.6. The Morgan fingerprint density at radius 3 is 1.09 bits per heavy atom. The molecule has 0 saturated heterocycles. The fourth-order valence-electron chi connectivity index (χ4n) is 11.2. The van der Waals surface area contributed by atoms with Crippen LogP contribution in [-0.4, -0.2) is 4.57 Å². The highest BCUT2D eigenvalue weighted by Crippen LogP contribution is 2.50. The monoisotopic (exact) mass is 957 g/mol. The molecule has 0 saturated carbocycles. The minimum absolute atomic E-state index is 1.15. The molecule has 0 unspecified atom stereocenters. The zero-order chi connectivity index (χ0) is 49.0. The van der Waals surface area contributed by atoms with Crippen LogP contribution in [-0.2, 0) is 0 Å². The first-order valence-electron chi connectivity index (χ1n) is 25.4. The molecule has 14 aromatic rings. The molecule has 74 heavy (non-hydrogen) atoms. The molecule has 346 valence electrons. The maximum atomic E-state index is 2.50. The van der Waals surface area contributed by atoms with E-state index in [0.717, 1.165) is 5.69 Å². The number of hydrogen-bond donors (Lipinski definition) is 0. The van der Waals surface area contributed by atoms with E-state index in [1.165, 1.54) is 131 Å². The first-order valence-corrected chi connectivity index (χ1v) is 26.2. The van der Waals surface area contributed by atoms with Crippen LogP contribution in [0.15, 0.2) is 285 Å². The molecule has 0 N–H and O–H groups in total. The zero-order valence-electron chi connectivity index (χ0n) is 40.5. The third kappa shape index (κ3) is 7.72. The quantitative estimate of drug-likeness (QED) is 0.136. The smallest absolute Gasteiger partial charge is 0.0634 e. The molecule has 12 aromatic carbocycles. The highest BCUT2D eigenvalue weighted by molar-refractivity contribution is 7.27. The molecule has 2 heteroatoms. The molecule has 2 aromatic heterocycles. The molecule has 0 aliphatic heterocycles. The van der Waals surface area contributed by atoms with Gasteiger partial charge in [0.25, 0.3) is 0 Å². The van der Waals surface area contributed by atoms with Crippen molar-refractivity contribution in [2.75, 3.05) is 0 Å². The lowest BCUT2D eigenvalue weighted by molar-refractivity contribution is 1.19. The van der Waals surface area contributed by atoms with Crippen molar-refractivity contribution in [3.05, 3.63) is 285 Å². The van der Waals surface area contributed by atoms with E-state index in [4.69, 9.17) is 0 Å². The van der Waals surface area contributed by atoms with Crippen molar-refractivity contribution < 1.29 is 0 Å². The summed E-state index contributed by atoms with van der Waals surface area (Å²) in [7, 11) is 0. The van der Waals surface area contributed by atoms with Gasteiger partial charge in [-0.15, -0.1) is 11.3 Å². The van der Waals surface area contributed by atoms with Gasteiger partial charge in [0.1, 0.15) is 0 Å². The van der Waals surface area contributed by atoms with Gasteiger partial charge < -0.3 is 4.57 Å². The van der Waals surface area contributed by atoms with Crippen molar-refractivity contribution in [1.29, 1.82) is 0 Å². The summed E-state index contributed by atoms with van der Waals surface area (Å²) in [5.74, 6) is 0. The molecule has 0 bridgehead atoms. The summed E-state index contributed by atoms with van der Waals surface area (Å²) in [6.07, 6.45) is 0. The predicted octanol–water partition coefficient (Wildman–Crippen LogP) is 20.5. The van der Waals surface area contributed by atoms with Crippen LogP contribution in [0.25, 0.3) is 137 Å². The Kier molecular flexibility index (Phi) is 10.8. The maximum Gasteiger partial charge on any atom is 0.0634 e. The first kappa shape index (κ1) is 43.4. The van der Waals surface area contributed by atoms with Crippen molar-refractivity contribution in [1.82, 2.24) is 4.57 Å². The number of thiophene rings is 1. The zero-order valence-corrected chi connectivity index (χ0v) is 41.3. The van der Waals surface area contributed by atoms with Crippen molar-refractivity contribution in [3.63, 3.8) is 0 Å². The lowest BCUT2D eigenvalue weighted by Crippen LogP contribution is -1.94. The Hall–Kier alpha value is -9.34. The molecular weight excluding hydrogens is 911 g/mol. The SMILES string of the molecule is c1ccc(-c2cc(-c3ccccc3)cc(-c3cccc(-c4cccc5c4sc4c(-c6cccc(-c7cc(-c8ccccc8)cc(-c8ccccc8)c7)c6)cc6c7ccccc7n(-c7ccccc7)c6c45)c3)c2)cc1. The van der Waals surface area contributed by atoms with Gasteiger partial charge in [-0.1, -0.05) is 212 Å². The fraction of sp³-hybridized carbons (Fsp3) is 0. The normalized spacial score (nSPS) is 11.5. The Morgan fingerprint density at radius 2 is 0.595 bits per heavy atom. The Bertz CT molecular complexity index is 4260. The van der Waals surface area contributed by atoms with Gasteiger partial charge in [0.05, 0.1) is 11.0 Å². The molecule has 0 amide bonds. The topological polar surface area (TPSA) is 4.93 Å². The number of benzene rings is 12. The van der Waals surface area contributed by atoms with E-state index in [-0.39, 0.29) is 0 Å². The van der Waals surface area contributed by atoms with Gasteiger partial charge in [0.15, 0.2) is 0 Å². The van der Waals surface area contributed by atoms with Gasteiger partial charge in [-0.2, -0.15) is 0 Å². The molecular formula is C72H47NS. The van der Waals surface area contributed by atoms with Crippen LogP contribution in [0.1, 0.15) is 0 Å². The summed E-state index contributed by atoms with van der Waals surface area (Å²) in [6.45, 7) is 0. The molecule has 0 radical (unpaired) electrons. The Morgan fingerprint density at radius 1 is 0.230 bits per heavy atom. The largest absolute Gasteiger partial charge is 0.309 e.